The van der Waals surface area contributed by atoms with Crippen molar-refractivity contribution < 1.29 is 9.72 Å². The Morgan fingerprint density at radius 3 is 2.75 bits per heavy atom. The molecule has 0 bridgehead atoms. The average Bonchev–Trinajstić information content (AvgIpc) is 2.58. The summed E-state index contributed by atoms with van der Waals surface area (Å²) in [6.07, 6.45) is 0. The third-order valence-electron chi connectivity index (χ3n) is 3.52. The number of likely N-dealkylation sites (N-methyl/N-ethyl adjacent to an activating group) is 2. The second-order valence-electron chi connectivity index (χ2n) is 5.07. The molecular weight excluding hydrogens is 310 g/mol. The van der Waals surface area contributed by atoms with E-state index in [1.54, 1.807) is 11.0 Å². The van der Waals surface area contributed by atoms with Crippen LogP contribution in [-0.2, 0) is 4.79 Å². The zero-order valence-electron chi connectivity index (χ0n) is 13.4. The Morgan fingerprint density at radius 1 is 1.42 bits per heavy atom. The van der Waals surface area contributed by atoms with Crippen LogP contribution in [0.4, 0.5) is 11.5 Å². The number of rotatable bonds is 6. The molecule has 0 aliphatic heterocycles. The first kappa shape index (κ1) is 17.1. The van der Waals surface area contributed by atoms with Crippen LogP contribution in [0.1, 0.15) is 19.4 Å². The number of nitrogens with zero attached hydrogens (tertiary/aromatic N) is 4. The fourth-order valence-corrected chi connectivity index (χ4v) is 2.35. The highest BCUT2D eigenvalue weighted by atomic mass is 16.6. The van der Waals surface area contributed by atoms with Crippen molar-refractivity contribution in [2.75, 3.05) is 24.5 Å². The number of fused-ring (bicyclic) bond motifs is 1. The first-order valence-corrected chi connectivity index (χ1v) is 7.51. The van der Waals surface area contributed by atoms with E-state index >= 15 is 0 Å². The fraction of sp³-hybridized carbons (Fsp3) is 0.312. The van der Waals surface area contributed by atoms with E-state index in [0.717, 1.165) is 0 Å². The van der Waals surface area contributed by atoms with Crippen LogP contribution in [0.3, 0.4) is 0 Å². The van der Waals surface area contributed by atoms with Gasteiger partial charge in [0.05, 0.1) is 28.6 Å². The maximum atomic E-state index is 11.8. The number of nitriles is 1. The molecule has 0 fully saturated rings. The molecule has 0 aliphatic carbocycles. The van der Waals surface area contributed by atoms with E-state index < -0.39 is 4.92 Å². The number of anilines is 1. The van der Waals surface area contributed by atoms with Gasteiger partial charge in [-0.2, -0.15) is 5.26 Å². The summed E-state index contributed by atoms with van der Waals surface area (Å²) >= 11 is 0. The summed E-state index contributed by atoms with van der Waals surface area (Å²) in [4.78, 5) is 28.4. The molecule has 8 nitrogen and oxygen atoms in total. The highest BCUT2D eigenvalue weighted by molar-refractivity contribution is 5.89. The zero-order valence-corrected chi connectivity index (χ0v) is 13.4. The lowest BCUT2D eigenvalue weighted by atomic mass is 10.1. The van der Waals surface area contributed by atoms with Gasteiger partial charge >= 0.3 is 0 Å². The number of carbonyl (C=O) groups excluding carboxylic acids is 1. The Labute approximate surface area is 138 Å². The molecule has 0 saturated heterocycles. The van der Waals surface area contributed by atoms with Crippen LogP contribution in [0.25, 0.3) is 10.9 Å². The Hall–Kier alpha value is -3.21. The number of hydrogen-bond acceptors (Lipinski definition) is 6. The van der Waals surface area contributed by atoms with Gasteiger partial charge in [0.2, 0.25) is 5.91 Å². The number of nitrogens with one attached hydrogen (secondary N) is 1. The predicted molar refractivity (Wildman–Crippen MR) is 89.7 cm³/mol. The number of nitro groups is 1. The largest absolute Gasteiger partial charge is 0.355 e. The summed E-state index contributed by atoms with van der Waals surface area (Å²) in [6, 6.07) is 7.79. The first-order chi connectivity index (χ1) is 11.5. The van der Waals surface area contributed by atoms with Gasteiger partial charge in [0, 0.05) is 30.6 Å². The van der Waals surface area contributed by atoms with Gasteiger partial charge in [-0.1, -0.05) is 0 Å². The van der Waals surface area contributed by atoms with E-state index in [9.17, 15) is 20.2 Å². The minimum absolute atomic E-state index is 0.0942. The maximum Gasteiger partial charge on any atom is 0.270 e. The topological polar surface area (TPSA) is 112 Å². The lowest BCUT2D eigenvalue weighted by molar-refractivity contribution is -0.384. The molecule has 8 heteroatoms. The van der Waals surface area contributed by atoms with Crippen molar-refractivity contribution in [1.82, 2.24) is 10.3 Å². The zero-order chi connectivity index (χ0) is 17.7. The number of hydrogen-bond donors (Lipinski definition) is 1. The minimum Gasteiger partial charge on any atom is -0.355 e. The summed E-state index contributed by atoms with van der Waals surface area (Å²) in [5.74, 6) is 0.352. The van der Waals surface area contributed by atoms with Crippen molar-refractivity contribution in [3.63, 3.8) is 0 Å². The van der Waals surface area contributed by atoms with E-state index in [-0.39, 0.29) is 23.7 Å². The van der Waals surface area contributed by atoms with Crippen molar-refractivity contribution in [1.29, 1.82) is 5.26 Å². The first-order valence-electron chi connectivity index (χ1n) is 7.51. The van der Waals surface area contributed by atoms with Crippen molar-refractivity contribution in [2.45, 2.75) is 13.8 Å². The molecule has 1 amide bonds. The minimum atomic E-state index is -0.512. The molecule has 1 aromatic heterocycles. The highest BCUT2D eigenvalue weighted by Gasteiger charge is 2.16. The van der Waals surface area contributed by atoms with Gasteiger partial charge in [-0.15, -0.1) is 0 Å². The molecular formula is C16H17N5O3. The molecule has 124 valence electrons. The number of amides is 1. The summed E-state index contributed by atoms with van der Waals surface area (Å²) in [5.41, 5.74) is 0.667. The number of pyridine rings is 1. The van der Waals surface area contributed by atoms with Gasteiger partial charge in [-0.25, -0.2) is 4.98 Å². The lowest BCUT2D eigenvalue weighted by Crippen LogP contribution is -2.37. The number of benzene rings is 1. The SMILES string of the molecule is CCNC(=O)CN(CC)c1cc(C#N)c2cc([N+](=O)[O-])ccc2n1. The summed E-state index contributed by atoms with van der Waals surface area (Å²) < 4.78 is 0. The molecule has 2 rings (SSSR count). The maximum absolute atomic E-state index is 11.8. The van der Waals surface area contributed by atoms with E-state index in [2.05, 4.69) is 10.3 Å². The molecule has 0 atom stereocenters. The van der Waals surface area contributed by atoms with Crippen molar-refractivity contribution in [2.24, 2.45) is 0 Å². The molecule has 0 aliphatic rings. The molecule has 1 heterocycles. The van der Waals surface area contributed by atoms with Crippen LogP contribution < -0.4 is 10.2 Å². The molecule has 0 saturated carbocycles. The number of aromatic nitrogens is 1. The monoisotopic (exact) mass is 327 g/mol. The third-order valence-corrected chi connectivity index (χ3v) is 3.52. The predicted octanol–water partition coefficient (Wildman–Crippen LogP) is 1.98. The molecule has 0 unspecified atom stereocenters. The summed E-state index contributed by atoms with van der Waals surface area (Å²) in [5, 5.41) is 23.4. The molecule has 0 spiro atoms. The van der Waals surface area contributed by atoms with E-state index in [0.29, 0.717) is 29.8 Å². The Kier molecular flexibility index (Phi) is 5.27. The van der Waals surface area contributed by atoms with Crippen LogP contribution in [0.5, 0.6) is 0 Å². The van der Waals surface area contributed by atoms with Gasteiger partial charge in [-0.3, -0.25) is 14.9 Å². The van der Waals surface area contributed by atoms with Gasteiger partial charge in [0.15, 0.2) is 0 Å². The van der Waals surface area contributed by atoms with Gasteiger partial charge in [0.1, 0.15) is 5.82 Å². The number of carbonyl (C=O) groups is 1. The standard InChI is InChI=1S/C16H17N5O3/c1-3-18-16(22)10-20(4-2)15-7-11(9-17)13-8-12(21(23)24)5-6-14(13)19-15/h5-8H,3-4,10H2,1-2H3,(H,18,22). The van der Waals surface area contributed by atoms with Crippen LogP contribution in [0, 0.1) is 21.4 Å². The van der Waals surface area contributed by atoms with Gasteiger partial charge in [-0.05, 0) is 26.0 Å². The molecule has 24 heavy (non-hydrogen) atoms. The summed E-state index contributed by atoms with van der Waals surface area (Å²) in [6.45, 7) is 4.92. The molecule has 1 aromatic carbocycles. The van der Waals surface area contributed by atoms with Gasteiger partial charge < -0.3 is 10.2 Å². The normalized spacial score (nSPS) is 10.2. The van der Waals surface area contributed by atoms with Crippen LogP contribution >= 0.6 is 0 Å². The fourth-order valence-electron chi connectivity index (χ4n) is 2.35. The van der Waals surface area contributed by atoms with Crippen LogP contribution in [-0.4, -0.2) is 35.4 Å². The lowest BCUT2D eigenvalue weighted by Gasteiger charge is -2.22. The molecule has 2 aromatic rings. The summed E-state index contributed by atoms with van der Waals surface area (Å²) in [7, 11) is 0. The van der Waals surface area contributed by atoms with Crippen molar-refractivity contribution in [3.05, 3.63) is 39.9 Å². The molecule has 1 N–H and O–H groups in total. The van der Waals surface area contributed by atoms with Crippen molar-refractivity contribution in [3.8, 4) is 6.07 Å². The highest BCUT2D eigenvalue weighted by Crippen LogP contribution is 2.26. The average molecular weight is 327 g/mol. The van der Waals surface area contributed by atoms with E-state index in [1.807, 2.05) is 19.9 Å². The van der Waals surface area contributed by atoms with Crippen LogP contribution in [0.15, 0.2) is 24.3 Å². The Balaban J connectivity index is 2.48. The smallest absolute Gasteiger partial charge is 0.270 e. The van der Waals surface area contributed by atoms with E-state index in [1.165, 1.54) is 18.2 Å². The van der Waals surface area contributed by atoms with Crippen molar-refractivity contribution >= 4 is 28.3 Å². The Bertz CT molecular complexity index is 828. The second kappa shape index (κ2) is 7.37. The number of non-ortho nitro benzene ring substituents is 1. The Morgan fingerprint density at radius 2 is 2.17 bits per heavy atom. The third kappa shape index (κ3) is 3.57. The van der Waals surface area contributed by atoms with Gasteiger partial charge in [0.25, 0.3) is 5.69 Å². The molecule has 0 radical (unpaired) electrons. The second-order valence-corrected chi connectivity index (χ2v) is 5.07. The van der Waals surface area contributed by atoms with Crippen LogP contribution in [0.2, 0.25) is 0 Å². The number of nitro benzene ring substituents is 1. The quantitative estimate of drug-likeness (QED) is 0.641. The van der Waals surface area contributed by atoms with E-state index in [4.69, 9.17) is 0 Å².